The number of carbonyl (C=O) groups is 1. The molecule has 0 radical (unpaired) electrons. The first-order valence-corrected chi connectivity index (χ1v) is 9.26. The third-order valence-electron chi connectivity index (χ3n) is 4.05. The third-order valence-corrected chi connectivity index (χ3v) is 4.38. The maximum absolute atomic E-state index is 12.1. The zero-order valence-electron chi connectivity index (χ0n) is 15.8. The minimum atomic E-state index is -0.180. The topological polar surface area (TPSA) is 79.8 Å². The van der Waals surface area contributed by atoms with E-state index in [0.717, 1.165) is 17.7 Å². The van der Waals surface area contributed by atoms with Crippen LogP contribution in [0.15, 0.2) is 54.6 Å². The quantitative estimate of drug-likeness (QED) is 0.340. The standard InChI is InChI=1S/C21H24N2O4S/c1-3-17(14-27-19-11-7-16(8-12-19)21(28)23-25)22-20(24)13-6-15-4-9-18(26-2)10-5-15/h4-13,17,25H,3,14H2,1-2H3,(H,22,24)(H,23,28)/b13-6+/t17-/m0/s1. The Morgan fingerprint density at radius 3 is 2.36 bits per heavy atom. The molecular weight excluding hydrogens is 376 g/mol. The number of amides is 1. The van der Waals surface area contributed by atoms with E-state index in [2.05, 4.69) is 5.32 Å². The van der Waals surface area contributed by atoms with Crippen molar-refractivity contribution >= 4 is 29.2 Å². The lowest BCUT2D eigenvalue weighted by atomic mass is 10.2. The van der Waals surface area contributed by atoms with E-state index in [0.29, 0.717) is 17.9 Å². The first-order valence-electron chi connectivity index (χ1n) is 8.85. The van der Waals surface area contributed by atoms with Crippen molar-refractivity contribution in [1.29, 1.82) is 0 Å². The van der Waals surface area contributed by atoms with Crippen LogP contribution in [0.1, 0.15) is 24.5 Å². The Bertz CT molecular complexity index is 804. The van der Waals surface area contributed by atoms with Crippen molar-refractivity contribution < 1.29 is 19.5 Å². The molecule has 3 N–H and O–H groups in total. The van der Waals surface area contributed by atoms with Gasteiger partial charge in [-0.1, -0.05) is 31.3 Å². The molecule has 2 rings (SSSR count). The van der Waals surface area contributed by atoms with Crippen LogP contribution in [0.5, 0.6) is 11.5 Å². The first-order chi connectivity index (χ1) is 13.5. The predicted octanol–water partition coefficient (Wildman–Crippen LogP) is 3.34. The number of hydroxylamine groups is 1. The van der Waals surface area contributed by atoms with E-state index in [-0.39, 0.29) is 16.9 Å². The van der Waals surface area contributed by atoms with E-state index in [4.69, 9.17) is 26.9 Å². The van der Waals surface area contributed by atoms with E-state index in [9.17, 15) is 4.79 Å². The summed E-state index contributed by atoms with van der Waals surface area (Å²) in [6.07, 6.45) is 3.99. The Morgan fingerprint density at radius 1 is 1.14 bits per heavy atom. The van der Waals surface area contributed by atoms with Gasteiger partial charge in [-0.2, -0.15) is 0 Å². The Labute approximate surface area is 170 Å². The number of nitrogens with one attached hydrogen (secondary N) is 2. The van der Waals surface area contributed by atoms with Crippen LogP contribution in [-0.4, -0.2) is 35.9 Å². The fourth-order valence-electron chi connectivity index (χ4n) is 2.36. The fraction of sp³-hybridized carbons (Fsp3) is 0.238. The first kappa shape index (κ1) is 21.4. The lowest BCUT2D eigenvalue weighted by Crippen LogP contribution is -2.37. The van der Waals surface area contributed by atoms with Crippen molar-refractivity contribution in [2.24, 2.45) is 0 Å². The van der Waals surface area contributed by atoms with E-state index in [1.165, 1.54) is 6.08 Å². The Hall–Kier alpha value is -2.90. The minimum Gasteiger partial charge on any atom is -0.497 e. The van der Waals surface area contributed by atoms with Crippen LogP contribution < -0.4 is 20.3 Å². The van der Waals surface area contributed by atoms with Crippen molar-refractivity contribution in [3.05, 3.63) is 65.7 Å². The number of methoxy groups -OCH3 is 1. The van der Waals surface area contributed by atoms with Crippen molar-refractivity contribution in [3.63, 3.8) is 0 Å². The molecule has 0 heterocycles. The summed E-state index contributed by atoms with van der Waals surface area (Å²) in [5.74, 6) is 1.25. The fourth-order valence-corrected chi connectivity index (χ4v) is 2.50. The Kier molecular flexibility index (Phi) is 8.45. The average molecular weight is 401 g/mol. The van der Waals surface area contributed by atoms with Gasteiger partial charge in [0.2, 0.25) is 5.91 Å². The van der Waals surface area contributed by atoms with Gasteiger partial charge in [-0.25, -0.2) is 0 Å². The number of ether oxygens (including phenoxy) is 2. The van der Waals surface area contributed by atoms with Gasteiger partial charge in [0.05, 0.1) is 13.2 Å². The highest BCUT2D eigenvalue weighted by Crippen LogP contribution is 2.14. The van der Waals surface area contributed by atoms with Crippen molar-refractivity contribution in [2.75, 3.05) is 13.7 Å². The molecule has 0 fully saturated rings. The van der Waals surface area contributed by atoms with Crippen molar-refractivity contribution in [2.45, 2.75) is 19.4 Å². The summed E-state index contributed by atoms with van der Waals surface area (Å²) in [7, 11) is 1.61. The van der Waals surface area contributed by atoms with Crippen molar-refractivity contribution in [1.82, 2.24) is 10.8 Å². The number of hydrogen-bond acceptors (Lipinski definition) is 5. The number of hydrogen-bond donors (Lipinski definition) is 3. The van der Waals surface area contributed by atoms with E-state index in [1.807, 2.05) is 36.7 Å². The minimum absolute atomic E-state index is 0.118. The number of benzene rings is 2. The number of thiocarbonyl (C=S) groups is 1. The molecule has 6 nitrogen and oxygen atoms in total. The third kappa shape index (κ3) is 6.68. The van der Waals surface area contributed by atoms with Gasteiger partial charge in [-0.05, 0) is 54.5 Å². The predicted molar refractivity (Wildman–Crippen MR) is 113 cm³/mol. The van der Waals surface area contributed by atoms with E-state index >= 15 is 0 Å². The maximum Gasteiger partial charge on any atom is 0.244 e. The summed E-state index contributed by atoms with van der Waals surface area (Å²) >= 11 is 4.95. The van der Waals surface area contributed by atoms with Crippen LogP contribution in [0.4, 0.5) is 0 Å². The molecule has 0 unspecified atom stereocenters. The number of rotatable bonds is 9. The van der Waals surface area contributed by atoms with Crippen molar-refractivity contribution in [3.8, 4) is 11.5 Å². The van der Waals surface area contributed by atoms with Gasteiger partial charge in [0, 0.05) is 11.6 Å². The lowest BCUT2D eigenvalue weighted by Gasteiger charge is -2.17. The normalized spacial score (nSPS) is 11.7. The monoisotopic (exact) mass is 400 g/mol. The molecule has 0 aliphatic carbocycles. The molecule has 0 aliphatic rings. The second-order valence-electron chi connectivity index (χ2n) is 6.00. The summed E-state index contributed by atoms with van der Waals surface area (Å²) in [4.78, 5) is 12.4. The van der Waals surface area contributed by atoms with E-state index < -0.39 is 0 Å². The highest BCUT2D eigenvalue weighted by molar-refractivity contribution is 7.80. The van der Waals surface area contributed by atoms with E-state index in [1.54, 1.807) is 37.5 Å². The smallest absolute Gasteiger partial charge is 0.244 e. The SMILES string of the molecule is CC[C@@H](COc1ccc(C(=S)NO)cc1)NC(=O)/C=C/c1ccc(OC)cc1. The molecule has 2 aromatic rings. The molecule has 0 aliphatic heterocycles. The zero-order chi connectivity index (χ0) is 20.4. The summed E-state index contributed by atoms with van der Waals surface area (Å²) in [5, 5.41) is 11.7. The molecule has 0 spiro atoms. The molecule has 7 heteroatoms. The summed E-state index contributed by atoms with van der Waals surface area (Å²) < 4.78 is 10.8. The zero-order valence-corrected chi connectivity index (χ0v) is 16.7. The maximum atomic E-state index is 12.1. The highest BCUT2D eigenvalue weighted by atomic mass is 32.1. The van der Waals surface area contributed by atoms with Gasteiger partial charge in [0.1, 0.15) is 23.1 Å². The van der Waals surface area contributed by atoms with Crippen LogP contribution in [-0.2, 0) is 4.79 Å². The molecule has 0 aromatic heterocycles. The highest BCUT2D eigenvalue weighted by Gasteiger charge is 2.10. The van der Waals surface area contributed by atoms with Crippen LogP contribution >= 0.6 is 12.2 Å². The summed E-state index contributed by atoms with van der Waals surface area (Å²) in [5.41, 5.74) is 3.54. The average Bonchev–Trinajstić information content (AvgIpc) is 2.75. The van der Waals surface area contributed by atoms with Crippen LogP contribution in [0.3, 0.4) is 0 Å². The molecule has 0 saturated heterocycles. The molecule has 2 aromatic carbocycles. The summed E-state index contributed by atoms with van der Waals surface area (Å²) in [6, 6.07) is 14.3. The molecule has 0 saturated carbocycles. The molecule has 28 heavy (non-hydrogen) atoms. The summed E-state index contributed by atoms with van der Waals surface area (Å²) in [6.45, 7) is 2.33. The lowest BCUT2D eigenvalue weighted by molar-refractivity contribution is -0.117. The van der Waals surface area contributed by atoms with Gasteiger partial charge in [0.25, 0.3) is 0 Å². The molecule has 1 amide bonds. The largest absolute Gasteiger partial charge is 0.497 e. The Morgan fingerprint density at radius 2 is 1.79 bits per heavy atom. The van der Waals surface area contributed by atoms with Crippen LogP contribution in [0, 0.1) is 0 Å². The molecular formula is C21H24N2O4S. The van der Waals surface area contributed by atoms with Gasteiger partial charge in [-0.15, -0.1) is 0 Å². The second-order valence-corrected chi connectivity index (χ2v) is 6.40. The van der Waals surface area contributed by atoms with Gasteiger partial charge < -0.3 is 14.8 Å². The second kappa shape index (κ2) is 11.1. The van der Waals surface area contributed by atoms with Gasteiger partial charge in [0.15, 0.2) is 0 Å². The Balaban J connectivity index is 1.84. The van der Waals surface area contributed by atoms with Gasteiger partial charge in [-0.3, -0.25) is 15.5 Å². The number of carbonyl (C=O) groups excluding carboxylic acids is 1. The molecule has 0 bridgehead atoms. The van der Waals surface area contributed by atoms with Crippen LogP contribution in [0.25, 0.3) is 6.08 Å². The molecule has 148 valence electrons. The van der Waals surface area contributed by atoms with Crippen LogP contribution in [0.2, 0.25) is 0 Å². The van der Waals surface area contributed by atoms with Gasteiger partial charge >= 0.3 is 0 Å². The molecule has 1 atom stereocenters.